The summed E-state index contributed by atoms with van der Waals surface area (Å²) in [5.74, 6) is 0.224. The fraction of sp³-hybridized carbons (Fsp3) is 0.160. The van der Waals surface area contributed by atoms with Crippen LogP contribution in [0.5, 0.6) is 0 Å². The molecule has 31 heavy (non-hydrogen) atoms. The van der Waals surface area contributed by atoms with Gasteiger partial charge in [0.2, 0.25) is 26.6 Å². The molecule has 0 fully saturated rings. The molecule has 4 rings (SSSR count). The molecule has 1 aromatic heterocycles. The van der Waals surface area contributed by atoms with E-state index in [1.807, 2.05) is 67.6 Å². The minimum atomic E-state index is -3.85. The number of benzene rings is 3. The number of aromatic nitrogens is 1. The highest BCUT2D eigenvalue weighted by Crippen LogP contribution is 2.37. The first-order valence-electron chi connectivity index (χ1n) is 9.97. The van der Waals surface area contributed by atoms with Crippen LogP contribution in [0.3, 0.4) is 0 Å². The molecule has 3 aromatic carbocycles. The summed E-state index contributed by atoms with van der Waals surface area (Å²) in [7, 11) is -0.358. The lowest BCUT2D eigenvalue weighted by molar-refractivity contribution is 0.489. The van der Waals surface area contributed by atoms with E-state index < -0.39 is 9.84 Å². The van der Waals surface area contributed by atoms with E-state index in [0.29, 0.717) is 5.89 Å². The molecule has 0 N–H and O–H groups in total. The highest BCUT2D eigenvalue weighted by molar-refractivity contribution is 7.91. The molecule has 0 bridgehead atoms. The number of oxazole rings is 1. The molecule has 0 aliphatic rings. The number of aryl methyl sites for hydroxylation is 1. The molecule has 0 radical (unpaired) electrons. The van der Waals surface area contributed by atoms with Gasteiger partial charge in [0.05, 0.1) is 10.8 Å². The molecule has 5 nitrogen and oxygen atoms in total. The van der Waals surface area contributed by atoms with Crippen molar-refractivity contribution in [3.63, 3.8) is 0 Å². The normalized spacial score (nSPS) is 11.6. The van der Waals surface area contributed by atoms with E-state index >= 15 is 0 Å². The second kappa shape index (κ2) is 8.40. The van der Waals surface area contributed by atoms with Crippen molar-refractivity contribution in [2.24, 2.45) is 0 Å². The van der Waals surface area contributed by atoms with Gasteiger partial charge in [0.25, 0.3) is 0 Å². The molecule has 6 heteroatoms. The van der Waals surface area contributed by atoms with Crippen molar-refractivity contribution in [3.8, 4) is 0 Å². The number of rotatable bonds is 6. The summed E-state index contributed by atoms with van der Waals surface area (Å²) in [6.07, 6.45) is 0. The van der Waals surface area contributed by atoms with Gasteiger partial charge in [-0.05, 0) is 30.2 Å². The SMILES string of the molecule is Cc1ccc(S(=O)(=O)c2nc(C(c3ccccc3)c3ccccc3)oc2N(C)C)cc1. The predicted octanol–water partition coefficient (Wildman–Crippen LogP) is 5.06. The van der Waals surface area contributed by atoms with E-state index in [4.69, 9.17) is 4.42 Å². The van der Waals surface area contributed by atoms with Crippen molar-refractivity contribution >= 4 is 15.7 Å². The van der Waals surface area contributed by atoms with Crippen LogP contribution in [0.4, 0.5) is 5.88 Å². The quantitative estimate of drug-likeness (QED) is 0.426. The highest BCUT2D eigenvalue weighted by Gasteiger charge is 2.32. The van der Waals surface area contributed by atoms with Crippen molar-refractivity contribution < 1.29 is 12.8 Å². The molecule has 0 atom stereocenters. The Labute approximate surface area is 182 Å². The van der Waals surface area contributed by atoms with Gasteiger partial charge in [-0.15, -0.1) is 0 Å². The van der Waals surface area contributed by atoms with Crippen molar-refractivity contribution in [2.45, 2.75) is 22.8 Å². The maximum absolute atomic E-state index is 13.4. The molecule has 158 valence electrons. The summed E-state index contributed by atoms with van der Waals surface area (Å²) >= 11 is 0. The van der Waals surface area contributed by atoms with Gasteiger partial charge in [0.15, 0.2) is 0 Å². The standard InChI is InChI=1S/C25H24N2O3S/c1-18-14-16-21(17-15-18)31(28,29)24-25(27(2)3)30-23(26-24)22(19-10-6-4-7-11-19)20-12-8-5-9-13-20/h4-17,22H,1-3H3. The zero-order valence-electron chi connectivity index (χ0n) is 17.7. The van der Waals surface area contributed by atoms with Crippen LogP contribution in [0, 0.1) is 6.92 Å². The molecule has 4 aromatic rings. The van der Waals surface area contributed by atoms with Crippen molar-refractivity contribution in [2.75, 3.05) is 19.0 Å². The van der Waals surface area contributed by atoms with Crippen molar-refractivity contribution in [1.82, 2.24) is 4.98 Å². The Morgan fingerprint density at radius 1 is 0.806 bits per heavy atom. The van der Waals surface area contributed by atoms with Crippen LogP contribution < -0.4 is 4.90 Å². The monoisotopic (exact) mass is 432 g/mol. The van der Waals surface area contributed by atoms with Crippen LogP contribution in [-0.4, -0.2) is 27.5 Å². The first kappa shape index (κ1) is 20.9. The Kier molecular flexibility index (Phi) is 5.65. The molecule has 0 saturated heterocycles. The summed E-state index contributed by atoms with van der Waals surface area (Å²) < 4.78 is 33.0. The Hall–Kier alpha value is -3.38. The van der Waals surface area contributed by atoms with Crippen molar-refractivity contribution in [1.29, 1.82) is 0 Å². The van der Waals surface area contributed by atoms with Crippen LogP contribution in [0.1, 0.15) is 28.5 Å². The van der Waals surface area contributed by atoms with Crippen LogP contribution in [0.2, 0.25) is 0 Å². The Balaban J connectivity index is 1.90. The lowest BCUT2D eigenvalue weighted by Gasteiger charge is -2.15. The number of hydrogen-bond donors (Lipinski definition) is 0. The Morgan fingerprint density at radius 3 is 1.81 bits per heavy atom. The topological polar surface area (TPSA) is 63.4 Å². The molecule has 0 aliphatic heterocycles. The summed E-state index contributed by atoms with van der Waals surface area (Å²) in [5.41, 5.74) is 2.93. The summed E-state index contributed by atoms with van der Waals surface area (Å²) in [5, 5.41) is -0.0757. The maximum Gasteiger partial charge on any atom is 0.235 e. The van der Waals surface area contributed by atoms with Gasteiger partial charge in [-0.2, -0.15) is 4.98 Å². The first-order chi connectivity index (χ1) is 14.9. The van der Waals surface area contributed by atoms with Crippen LogP contribution in [0.15, 0.2) is 99.3 Å². The fourth-order valence-corrected chi connectivity index (χ4v) is 4.87. The summed E-state index contributed by atoms with van der Waals surface area (Å²) in [6.45, 7) is 1.92. The average molecular weight is 433 g/mol. The number of hydrogen-bond acceptors (Lipinski definition) is 5. The first-order valence-corrected chi connectivity index (χ1v) is 11.5. The smallest absolute Gasteiger partial charge is 0.235 e. The lowest BCUT2D eigenvalue weighted by Crippen LogP contribution is -2.13. The fourth-order valence-electron chi connectivity index (χ4n) is 3.49. The van der Waals surface area contributed by atoms with Gasteiger partial charge >= 0.3 is 0 Å². The van der Waals surface area contributed by atoms with Crippen molar-refractivity contribution in [3.05, 3.63) is 108 Å². The second-order valence-corrected chi connectivity index (χ2v) is 9.49. The Morgan fingerprint density at radius 2 is 1.32 bits per heavy atom. The molecule has 0 saturated carbocycles. The van der Waals surface area contributed by atoms with E-state index in [1.165, 1.54) is 0 Å². The van der Waals surface area contributed by atoms with Crippen LogP contribution >= 0.6 is 0 Å². The van der Waals surface area contributed by atoms with Crippen LogP contribution in [-0.2, 0) is 9.84 Å². The third kappa shape index (κ3) is 4.11. The lowest BCUT2D eigenvalue weighted by atomic mass is 9.91. The molecule has 1 heterocycles. The maximum atomic E-state index is 13.4. The predicted molar refractivity (Wildman–Crippen MR) is 121 cm³/mol. The van der Waals surface area contributed by atoms with Gasteiger partial charge < -0.3 is 9.32 Å². The van der Waals surface area contributed by atoms with Gasteiger partial charge in [-0.3, -0.25) is 0 Å². The largest absolute Gasteiger partial charge is 0.423 e. The van der Waals surface area contributed by atoms with Gasteiger partial charge in [-0.1, -0.05) is 78.4 Å². The average Bonchev–Trinajstić information content (AvgIpc) is 3.22. The van der Waals surface area contributed by atoms with E-state index in [1.54, 1.807) is 43.3 Å². The van der Waals surface area contributed by atoms with E-state index in [9.17, 15) is 8.42 Å². The van der Waals surface area contributed by atoms with Gasteiger partial charge in [-0.25, -0.2) is 8.42 Å². The van der Waals surface area contributed by atoms with E-state index in [2.05, 4.69) is 4.98 Å². The molecular weight excluding hydrogens is 408 g/mol. The molecule has 0 aliphatic carbocycles. The van der Waals surface area contributed by atoms with Gasteiger partial charge in [0, 0.05) is 14.1 Å². The molecule has 0 amide bonds. The third-order valence-corrected chi connectivity index (χ3v) is 6.77. The molecule has 0 spiro atoms. The van der Waals surface area contributed by atoms with Gasteiger partial charge in [0.1, 0.15) is 0 Å². The highest BCUT2D eigenvalue weighted by atomic mass is 32.2. The number of anilines is 1. The zero-order chi connectivity index (χ0) is 22.0. The van der Waals surface area contributed by atoms with E-state index in [-0.39, 0.29) is 21.7 Å². The molecule has 0 unspecified atom stereocenters. The summed E-state index contributed by atoms with van der Waals surface area (Å²) in [6, 6.07) is 26.4. The number of sulfone groups is 1. The number of nitrogens with zero attached hydrogens (tertiary/aromatic N) is 2. The Bertz CT molecular complexity index is 1220. The third-order valence-electron chi connectivity index (χ3n) is 5.10. The summed E-state index contributed by atoms with van der Waals surface area (Å²) in [4.78, 5) is 6.39. The minimum Gasteiger partial charge on any atom is -0.423 e. The second-order valence-electron chi connectivity index (χ2n) is 7.63. The van der Waals surface area contributed by atoms with Crippen LogP contribution in [0.25, 0.3) is 0 Å². The molecular formula is C25H24N2O3S. The minimum absolute atomic E-state index is 0.0757. The zero-order valence-corrected chi connectivity index (χ0v) is 18.5. The van der Waals surface area contributed by atoms with E-state index in [0.717, 1.165) is 16.7 Å².